The smallest absolute Gasteiger partial charge is 0.148 e. The van der Waals surface area contributed by atoms with E-state index in [1.165, 1.54) is 6.07 Å². The third-order valence-corrected chi connectivity index (χ3v) is 3.40. The van der Waals surface area contributed by atoms with Crippen LogP contribution in [0.1, 0.15) is 22.3 Å². The lowest BCUT2D eigenvalue weighted by Crippen LogP contribution is -2.02. The molecule has 0 amide bonds. The Morgan fingerprint density at radius 2 is 1.85 bits per heavy atom. The molecule has 0 spiro atoms. The first kappa shape index (κ1) is 14.8. The molecule has 0 aliphatic carbocycles. The van der Waals surface area contributed by atoms with Gasteiger partial charge in [0.1, 0.15) is 18.2 Å². The Hall–Kier alpha value is -1.58. The molecule has 0 atom stereocenters. The van der Waals surface area contributed by atoms with Gasteiger partial charge in [-0.3, -0.25) is 0 Å². The lowest BCUT2D eigenvalue weighted by atomic mass is 10.1. The lowest BCUT2D eigenvalue weighted by molar-refractivity contribution is 0.279. The minimum Gasteiger partial charge on any atom is -0.488 e. The highest BCUT2D eigenvalue weighted by molar-refractivity contribution is 6.30. The fraction of sp³-hybridized carbons (Fsp3) is 0.250. The van der Waals surface area contributed by atoms with Crippen molar-refractivity contribution < 1.29 is 14.2 Å². The monoisotopic (exact) mass is 294 g/mol. The first-order valence-electron chi connectivity index (χ1n) is 6.29. The number of hydrogen-bond donors (Lipinski definition) is 1. The molecule has 0 saturated heterocycles. The summed E-state index contributed by atoms with van der Waals surface area (Å²) >= 11 is 5.74. The van der Waals surface area contributed by atoms with Crippen molar-refractivity contribution >= 4 is 11.6 Å². The summed E-state index contributed by atoms with van der Waals surface area (Å²) in [5.41, 5.74) is 3.08. The van der Waals surface area contributed by atoms with E-state index in [4.69, 9.17) is 21.4 Å². The Morgan fingerprint density at radius 1 is 1.20 bits per heavy atom. The molecule has 4 heteroatoms. The van der Waals surface area contributed by atoms with Crippen LogP contribution in [0, 0.1) is 19.7 Å². The van der Waals surface area contributed by atoms with Gasteiger partial charge in [0, 0.05) is 5.56 Å². The van der Waals surface area contributed by atoms with Crippen LogP contribution in [-0.4, -0.2) is 5.11 Å². The van der Waals surface area contributed by atoms with E-state index in [2.05, 4.69) is 0 Å². The normalized spacial score (nSPS) is 10.7. The fourth-order valence-corrected chi connectivity index (χ4v) is 2.36. The van der Waals surface area contributed by atoms with Gasteiger partial charge in [-0.05, 0) is 36.6 Å². The number of benzene rings is 2. The summed E-state index contributed by atoms with van der Waals surface area (Å²) in [5.74, 6) is 0.262. The Labute approximate surface area is 122 Å². The topological polar surface area (TPSA) is 29.5 Å². The van der Waals surface area contributed by atoms with Crippen LogP contribution in [0.5, 0.6) is 5.75 Å². The maximum atomic E-state index is 13.8. The van der Waals surface area contributed by atoms with Crippen LogP contribution >= 0.6 is 11.6 Å². The highest BCUT2D eigenvalue weighted by Gasteiger charge is 2.10. The van der Waals surface area contributed by atoms with Crippen molar-refractivity contribution in [2.45, 2.75) is 27.1 Å². The van der Waals surface area contributed by atoms with E-state index in [0.717, 1.165) is 16.7 Å². The number of aliphatic hydroxyl groups excluding tert-OH is 1. The largest absolute Gasteiger partial charge is 0.488 e. The zero-order valence-corrected chi connectivity index (χ0v) is 12.2. The van der Waals surface area contributed by atoms with Crippen molar-refractivity contribution in [3.05, 3.63) is 63.4 Å². The summed E-state index contributed by atoms with van der Waals surface area (Å²) in [7, 11) is 0. The quantitative estimate of drug-likeness (QED) is 0.917. The molecule has 2 aromatic rings. The molecule has 0 heterocycles. The molecular weight excluding hydrogens is 279 g/mol. The van der Waals surface area contributed by atoms with Crippen molar-refractivity contribution in [2.75, 3.05) is 0 Å². The molecule has 20 heavy (non-hydrogen) atoms. The van der Waals surface area contributed by atoms with E-state index in [0.29, 0.717) is 11.3 Å². The van der Waals surface area contributed by atoms with Crippen LogP contribution in [0.15, 0.2) is 30.3 Å². The number of rotatable bonds is 4. The number of aliphatic hydroxyl groups is 1. The number of halogens is 2. The summed E-state index contributed by atoms with van der Waals surface area (Å²) in [6, 6.07) is 8.56. The molecule has 0 fully saturated rings. The van der Waals surface area contributed by atoms with Gasteiger partial charge >= 0.3 is 0 Å². The van der Waals surface area contributed by atoms with Gasteiger partial charge in [-0.15, -0.1) is 0 Å². The van der Waals surface area contributed by atoms with Gasteiger partial charge < -0.3 is 9.84 Å². The first-order valence-corrected chi connectivity index (χ1v) is 6.67. The highest BCUT2D eigenvalue weighted by atomic mass is 35.5. The molecule has 0 aliphatic heterocycles. The van der Waals surface area contributed by atoms with Crippen LogP contribution in [0.3, 0.4) is 0 Å². The second-order valence-electron chi connectivity index (χ2n) is 4.72. The predicted molar refractivity (Wildman–Crippen MR) is 77.6 cm³/mol. The molecule has 0 aliphatic rings. The SMILES string of the molecule is Cc1cc(CO)cc(C)c1OCc1cccc(Cl)c1F. The van der Waals surface area contributed by atoms with Gasteiger partial charge in [-0.2, -0.15) is 0 Å². The van der Waals surface area contributed by atoms with Gasteiger partial charge in [-0.1, -0.05) is 35.9 Å². The molecule has 2 aromatic carbocycles. The molecule has 0 bridgehead atoms. The molecule has 0 saturated carbocycles. The zero-order valence-electron chi connectivity index (χ0n) is 11.4. The predicted octanol–water partition coefficient (Wildman–Crippen LogP) is 4.17. The molecule has 0 radical (unpaired) electrons. The van der Waals surface area contributed by atoms with E-state index in [9.17, 15) is 4.39 Å². The average Bonchev–Trinajstić information content (AvgIpc) is 2.42. The molecule has 2 rings (SSSR count). The van der Waals surface area contributed by atoms with Crippen molar-refractivity contribution in [3.63, 3.8) is 0 Å². The van der Waals surface area contributed by atoms with Gasteiger partial charge in [0.05, 0.1) is 11.6 Å². The van der Waals surface area contributed by atoms with Crippen LogP contribution in [0.25, 0.3) is 0 Å². The maximum absolute atomic E-state index is 13.8. The lowest BCUT2D eigenvalue weighted by Gasteiger charge is -2.14. The number of ether oxygens (including phenoxy) is 1. The van der Waals surface area contributed by atoms with Gasteiger partial charge in [-0.25, -0.2) is 4.39 Å². The third kappa shape index (κ3) is 3.11. The number of aryl methyl sites for hydroxylation is 2. The second kappa shape index (κ2) is 6.25. The van der Waals surface area contributed by atoms with Crippen molar-refractivity contribution in [1.82, 2.24) is 0 Å². The van der Waals surface area contributed by atoms with Gasteiger partial charge in [0.25, 0.3) is 0 Å². The van der Waals surface area contributed by atoms with Crippen LogP contribution < -0.4 is 4.74 Å². The Balaban J connectivity index is 2.21. The second-order valence-corrected chi connectivity index (χ2v) is 5.13. The van der Waals surface area contributed by atoms with E-state index in [-0.39, 0.29) is 18.2 Å². The van der Waals surface area contributed by atoms with E-state index in [1.54, 1.807) is 12.1 Å². The van der Waals surface area contributed by atoms with Gasteiger partial charge in [0.15, 0.2) is 0 Å². The summed E-state index contributed by atoms with van der Waals surface area (Å²) < 4.78 is 19.5. The van der Waals surface area contributed by atoms with Crippen molar-refractivity contribution in [1.29, 1.82) is 0 Å². The number of hydrogen-bond acceptors (Lipinski definition) is 2. The fourth-order valence-electron chi connectivity index (χ4n) is 2.17. The van der Waals surface area contributed by atoms with E-state index >= 15 is 0 Å². The molecule has 0 aromatic heterocycles. The van der Waals surface area contributed by atoms with E-state index < -0.39 is 5.82 Å². The summed E-state index contributed by atoms with van der Waals surface area (Å²) in [4.78, 5) is 0. The Morgan fingerprint density at radius 3 is 2.45 bits per heavy atom. The molecule has 0 unspecified atom stereocenters. The van der Waals surface area contributed by atoms with Crippen LogP contribution in [-0.2, 0) is 13.2 Å². The average molecular weight is 295 g/mol. The van der Waals surface area contributed by atoms with Gasteiger partial charge in [0.2, 0.25) is 0 Å². The summed E-state index contributed by atoms with van der Waals surface area (Å²) in [6.07, 6.45) is 0. The first-order chi connectivity index (χ1) is 9.52. The van der Waals surface area contributed by atoms with Crippen molar-refractivity contribution in [2.24, 2.45) is 0 Å². The van der Waals surface area contributed by atoms with Crippen LogP contribution in [0.2, 0.25) is 5.02 Å². The molecule has 2 nitrogen and oxygen atoms in total. The minimum absolute atomic E-state index is 0.00905. The molecule has 106 valence electrons. The summed E-state index contributed by atoms with van der Waals surface area (Å²) in [5, 5.41) is 9.24. The zero-order chi connectivity index (χ0) is 14.7. The maximum Gasteiger partial charge on any atom is 0.148 e. The highest BCUT2D eigenvalue weighted by Crippen LogP contribution is 2.27. The molecular formula is C16H16ClFO2. The summed E-state index contributed by atoms with van der Waals surface area (Å²) in [6.45, 7) is 3.91. The Kier molecular flexibility index (Phi) is 4.63. The van der Waals surface area contributed by atoms with Crippen LogP contribution in [0.4, 0.5) is 4.39 Å². The Bertz CT molecular complexity index is 603. The van der Waals surface area contributed by atoms with Crippen molar-refractivity contribution in [3.8, 4) is 5.75 Å². The molecule has 1 N–H and O–H groups in total. The standard InChI is InChI=1S/C16H16ClFO2/c1-10-6-12(8-19)7-11(2)16(10)20-9-13-4-3-5-14(17)15(13)18/h3-7,19H,8-9H2,1-2H3. The van der Waals surface area contributed by atoms with E-state index in [1.807, 2.05) is 26.0 Å². The third-order valence-electron chi connectivity index (χ3n) is 3.11. The minimum atomic E-state index is -0.448.